The van der Waals surface area contributed by atoms with Crippen LogP contribution in [0.1, 0.15) is 50.4 Å². The molecule has 78 valence electrons. The highest BCUT2D eigenvalue weighted by molar-refractivity contribution is 5.97. The number of rotatable bonds is 4. The molecule has 0 fully saturated rings. The van der Waals surface area contributed by atoms with Gasteiger partial charge in [-0.1, -0.05) is 27.7 Å². The van der Waals surface area contributed by atoms with Crippen molar-refractivity contribution < 1.29 is 9.21 Å². The number of furan rings is 1. The average molecular weight is 194 g/mol. The zero-order valence-corrected chi connectivity index (χ0v) is 9.39. The van der Waals surface area contributed by atoms with E-state index >= 15 is 0 Å². The highest BCUT2D eigenvalue weighted by atomic mass is 16.3. The van der Waals surface area contributed by atoms with Crippen molar-refractivity contribution in [1.82, 2.24) is 0 Å². The summed E-state index contributed by atoms with van der Waals surface area (Å²) in [5, 5.41) is 0. The Morgan fingerprint density at radius 2 is 2.00 bits per heavy atom. The number of hydrogen-bond acceptors (Lipinski definition) is 2. The molecule has 1 rings (SSSR count). The quantitative estimate of drug-likeness (QED) is 0.687. The maximum atomic E-state index is 11.9. The number of aryl methyl sites for hydroxylation is 1. The second kappa shape index (κ2) is 3.99. The fourth-order valence-electron chi connectivity index (χ4n) is 1.18. The van der Waals surface area contributed by atoms with E-state index in [4.69, 9.17) is 4.42 Å². The van der Waals surface area contributed by atoms with Crippen LogP contribution in [0, 0.1) is 5.41 Å². The molecule has 1 aromatic rings. The summed E-state index contributed by atoms with van der Waals surface area (Å²) in [6.07, 6.45) is 1.66. The summed E-state index contributed by atoms with van der Waals surface area (Å²) in [7, 11) is 0. The zero-order valence-electron chi connectivity index (χ0n) is 9.39. The van der Waals surface area contributed by atoms with Gasteiger partial charge in [-0.2, -0.15) is 0 Å². The first-order chi connectivity index (χ1) is 6.51. The van der Waals surface area contributed by atoms with Gasteiger partial charge in [0.1, 0.15) is 5.76 Å². The highest BCUT2D eigenvalue weighted by Gasteiger charge is 2.28. The minimum absolute atomic E-state index is 0.0969. The Morgan fingerprint density at radius 3 is 2.43 bits per heavy atom. The number of carbonyl (C=O) groups excluding carboxylic acids is 1. The second-order valence-electron chi connectivity index (χ2n) is 4.19. The molecule has 0 aliphatic carbocycles. The lowest BCUT2D eigenvalue weighted by Crippen LogP contribution is -2.22. The topological polar surface area (TPSA) is 30.2 Å². The molecule has 0 aromatic carbocycles. The summed E-state index contributed by atoms with van der Waals surface area (Å²) >= 11 is 0. The van der Waals surface area contributed by atoms with E-state index in [0.717, 1.165) is 18.6 Å². The number of carbonyl (C=O) groups is 1. The second-order valence-corrected chi connectivity index (χ2v) is 4.19. The van der Waals surface area contributed by atoms with E-state index in [0.29, 0.717) is 5.76 Å². The molecule has 0 unspecified atom stereocenters. The molecule has 0 radical (unpaired) electrons. The SMILES string of the molecule is CCc1ccc(C(=O)C(C)(C)CC)o1. The minimum atomic E-state index is -0.317. The molecular weight excluding hydrogens is 176 g/mol. The molecule has 14 heavy (non-hydrogen) atoms. The first-order valence-corrected chi connectivity index (χ1v) is 5.14. The van der Waals surface area contributed by atoms with Crippen molar-refractivity contribution in [3.05, 3.63) is 23.7 Å². The van der Waals surface area contributed by atoms with Crippen LogP contribution in [0.5, 0.6) is 0 Å². The van der Waals surface area contributed by atoms with Gasteiger partial charge in [-0.25, -0.2) is 0 Å². The van der Waals surface area contributed by atoms with Gasteiger partial charge in [0, 0.05) is 11.8 Å². The van der Waals surface area contributed by atoms with Gasteiger partial charge in [0.25, 0.3) is 0 Å². The van der Waals surface area contributed by atoms with E-state index in [1.54, 1.807) is 6.07 Å². The van der Waals surface area contributed by atoms with Crippen molar-refractivity contribution in [2.75, 3.05) is 0 Å². The molecule has 0 saturated heterocycles. The molecule has 0 aliphatic heterocycles. The summed E-state index contributed by atoms with van der Waals surface area (Å²) in [6.45, 7) is 7.92. The molecule has 2 nitrogen and oxygen atoms in total. The van der Waals surface area contributed by atoms with Crippen molar-refractivity contribution in [3.8, 4) is 0 Å². The Labute approximate surface area is 85.3 Å². The Bertz CT molecular complexity index is 321. The molecule has 0 saturated carbocycles. The largest absolute Gasteiger partial charge is 0.458 e. The van der Waals surface area contributed by atoms with E-state index in [9.17, 15) is 4.79 Å². The number of Topliss-reactive ketones (excluding diaryl/α,β-unsaturated/α-hetero) is 1. The maximum Gasteiger partial charge on any atom is 0.203 e. The fourth-order valence-corrected chi connectivity index (χ4v) is 1.18. The maximum absolute atomic E-state index is 11.9. The monoisotopic (exact) mass is 194 g/mol. The van der Waals surface area contributed by atoms with Crippen molar-refractivity contribution in [2.45, 2.75) is 40.5 Å². The van der Waals surface area contributed by atoms with Crippen LogP contribution in [0.3, 0.4) is 0 Å². The van der Waals surface area contributed by atoms with Gasteiger partial charge < -0.3 is 4.42 Å². The lowest BCUT2D eigenvalue weighted by atomic mass is 9.84. The van der Waals surface area contributed by atoms with Crippen LogP contribution >= 0.6 is 0 Å². The van der Waals surface area contributed by atoms with Crippen molar-refractivity contribution in [1.29, 1.82) is 0 Å². The zero-order chi connectivity index (χ0) is 10.8. The van der Waals surface area contributed by atoms with Gasteiger partial charge in [0.15, 0.2) is 5.76 Å². The summed E-state index contributed by atoms with van der Waals surface area (Å²) in [5.41, 5.74) is -0.317. The molecule has 1 aromatic heterocycles. The van der Waals surface area contributed by atoms with E-state index in [1.807, 2.05) is 33.8 Å². The van der Waals surface area contributed by atoms with Gasteiger partial charge in [0.2, 0.25) is 5.78 Å². The van der Waals surface area contributed by atoms with Gasteiger partial charge in [-0.15, -0.1) is 0 Å². The Morgan fingerprint density at radius 1 is 1.36 bits per heavy atom. The molecule has 0 aliphatic rings. The van der Waals surface area contributed by atoms with E-state index < -0.39 is 0 Å². The Kier molecular flexibility index (Phi) is 3.14. The average Bonchev–Trinajstić information content (AvgIpc) is 2.64. The Hall–Kier alpha value is -1.05. The lowest BCUT2D eigenvalue weighted by Gasteiger charge is -2.18. The molecule has 2 heteroatoms. The van der Waals surface area contributed by atoms with Crippen molar-refractivity contribution >= 4 is 5.78 Å². The molecule has 0 bridgehead atoms. The normalized spacial score (nSPS) is 11.7. The van der Waals surface area contributed by atoms with Crippen LogP contribution in [-0.2, 0) is 6.42 Å². The number of hydrogen-bond donors (Lipinski definition) is 0. The lowest BCUT2D eigenvalue weighted by molar-refractivity contribution is 0.0801. The van der Waals surface area contributed by atoms with Gasteiger partial charge in [0.05, 0.1) is 0 Å². The highest BCUT2D eigenvalue weighted by Crippen LogP contribution is 2.26. The third kappa shape index (κ3) is 2.06. The molecule has 0 atom stereocenters. The van der Waals surface area contributed by atoms with Crippen LogP contribution in [0.4, 0.5) is 0 Å². The third-order valence-electron chi connectivity index (χ3n) is 2.73. The smallest absolute Gasteiger partial charge is 0.203 e. The van der Waals surface area contributed by atoms with Gasteiger partial charge in [-0.3, -0.25) is 4.79 Å². The summed E-state index contributed by atoms with van der Waals surface area (Å²) < 4.78 is 5.43. The van der Waals surface area contributed by atoms with Crippen molar-refractivity contribution in [3.63, 3.8) is 0 Å². The number of ketones is 1. The first-order valence-electron chi connectivity index (χ1n) is 5.14. The van der Waals surface area contributed by atoms with Crippen LogP contribution in [0.2, 0.25) is 0 Å². The predicted molar refractivity (Wildman–Crippen MR) is 56.5 cm³/mol. The summed E-state index contributed by atoms with van der Waals surface area (Å²) in [6, 6.07) is 3.65. The fraction of sp³-hybridized carbons (Fsp3) is 0.583. The van der Waals surface area contributed by atoms with Crippen LogP contribution < -0.4 is 0 Å². The van der Waals surface area contributed by atoms with Gasteiger partial charge in [-0.05, 0) is 18.6 Å². The van der Waals surface area contributed by atoms with Crippen LogP contribution in [0.25, 0.3) is 0 Å². The first kappa shape index (κ1) is 11.0. The molecule has 0 spiro atoms. The molecule has 0 amide bonds. The molecular formula is C12H18O2. The molecule has 1 heterocycles. The standard InChI is InChI=1S/C12H18O2/c1-5-9-7-8-10(14-9)11(13)12(3,4)6-2/h7-8H,5-6H2,1-4H3. The summed E-state index contributed by atoms with van der Waals surface area (Å²) in [4.78, 5) is 11.9. The van der Waals surface area contributed by atoms with E-state index in [1.165, 1.54) is 0 Å². The van der Waals surface area contributed by atoms with Gasteiger partial charge >= 0.3 is 0 Å². The Balaban J connectivity index is 2.89. The molecule has 0 N–H and O–H groups in total. The van der Waals surface area contributed by atoms with Crippen molar-refractivity contribution in [2.24, 2.45) is 5.41 Å². The van der Waals surface area contributed by atoms with Crippen LogP contribution in [0.15, 0.2) is 16.5 Å². The minimum Gasteiger partial charge on any atom is -0.458 e. The third-order valence-corrected chi connectivity index (χ3v) is 2.73. The predicted octanol–water partition coefficient (Wildman–Crippen LogP) is 3.46. The van der Waals surface area contributed by atoms with E-state index in [-0.39, 0.29) is 11.2 Å². The van der Waals surface area contributed by atoms with E-state index in [2.05, 4.69) is 0 Å². The van der Waals surface area contributed by atoms with Crippen LogP contribution in [-0.4, -0.2) is 5.78 Å². The summed E-state index contributed by atoms with van der Waals surface area (Å²) in [5.74, 6) is 1.47.